The third kappa shape index (κ3) is 4.03. The van der Waals surface area contributed by atoms with Crippen molar-refractivity contribution in [3.8, 4) is 0 Å². The number of carbonyl (C=O) groups is 1. The van der Waals surface area contributed by atoms with Crippen molar-refractivity contribution in [1.82, 2.24) is 10.2 Å². The zero-order valence-corrected chi connectivity index (χ0v) is 15.1. The normalized spacial score (nSPS) is 17.8. The molecule has 0 aliphatic carbocycles. The molecule has 3 rings (SSSR count). The fourth-order valence-corrected chi connectivity index (χ4v) is 3.88. The molecule has 1 saturated heterocycles. The first-order valence-corrected chi connectivity index (χ1v) is 9.75. The molecule has 26 heavy (non-hydrogen) atoms. The number of nitrogens with zero attached hydrogens (tertiary/aromatic N) is 1. The van der Waals surface area contributed by atoms with E-state index in [1.54, 1.807) is 29.2 Å². The van der Waals surface area contributed by atoms with Crippen LogP contribution in [0.25, 0.3) is 0 Å². The Morgan fingerprint density at radius 1 is 1.15 bits per heavy atom. The molecule has 0 aromatic heterocycles. The Kier molecular flexibility index (Phi) is 5.24. The van der Waals surface area contributed by atoms with Gasteiger partial charge in [-0.25, -0.2) is 12.8 Å². The third-order valence-electron chi connectivity index (χ3n) is 4.27. The Labute approximate surface area is 152 Å². The Morgan fingerprint density at radius 2 is 1.81 bits per heavy atom. The van der Waals surface area contributed by atoms with E-state index in [-0.39, 0.29) is 16.8 Å². The van der Waals surface area contributed by atoms with Crippen LogP contribution >= 0.6 is 0 Å². The van der Waals surface area contributed by atoms with Crippen LogP contribution in [0, 0.1) is 5.82 Å². The van der Waals surface area contributed by atoms with Crippen LogP contribution in [-0.2, 0) is 10.0 Å². The summed E-state index contributed by atoms with van der Waals surface area (Å²) >= 11 is 0. The molecule has 0 bridgehead atoms. The highest BCUT2D eigenvalue weighted by atomic mass is 32.2. The van der Waals surface area contributed by atoms with Gasteiger partial charge in [-0.3, -0.25) is 9.52 Å². The average molecular weight is 377 g/mol. The molecular weight excluding hydrogens is 357 g/mol. The lowest BCUT2D eigenvalue weighted by atomic mass is 10.1. The van der Waals surface area contributed by atoms with Gasteiger partial charge >= 0.3 is 0 Å². The van der Waals surface area contributed by atoms with Crippen molar-refractivity contribution in [2.75, 3.05) is 24.4 Å². The Balaban J connectivity index is 1.73. The van der Waals surface area contributed by atoms with Gasteiger partial charge in [0.1, 0.15) is 5.82 Å². The molecule has 0 spiro atoms. The summed E-state index contributed by atoms with van der Waals surface area (Å²) in [5, 5.41) is 3.23. The van der Waals surface area contributed by atoms with E-state index in [4.69, 9.17) is 0 Å². The van der Waals surface area contributed by atoms with E-state index in [0.29, 0.717) is 17.8 Å². The van der Waals surface area contributed by atoms with Gasteiger partial charge in [-0.05, 0) is 55.5 Å². The molecule has 1 aliphatic rings. The van der Waals surface area contributed by atoms with Crippen LogP contribution in [0.4, 0.5) is 10.1 Å². The molecule has 1 amide bonds. The molecule has 138 valence electrons. The van der Waals surface area contributed by atoms with Gasteiger partial charge in [0.15, 0.2) is 0 Å². The number of anilines is 1. The van der Waals surface area contributed by atoms with Gasteiger partial charge in [0.05, 0.1) is 4.90 Å². The van der Waals surface area contributed by atoms with Crippen LogP contribution in [0.5, 0.6) is 0 Å². The standard InChI is InChI=1S/C18H20FN3O3S/c1-13-12-20-10-11-22(13)18(23)14-2-6-16(7-3-14)21-26(24,25)17-8-4-15(19)5-9-17/h2-9,13,20-21H,10-12H2,1H3/t13-/m1/s1. The molecule has 6 nitrogen and oxygen atoms in total. The first kappa shape index (κ1) is 18.3. The SMILES string of the molecule is C[C@@H]1CNCCN1C(=O)c1ccc(NS(=O)(=O)c2ccc(F)cc2)cc1. The number of carbonyl (C=O) groups excluding carboxylic acids is 1. The van der Waals surface area contributed by atoms with E-state index in [1.807, 2.05) is 6.92 Å². The molecule has 8 heteroatoms. The summed E-state index contributed by atoms with van der Waals surface area (Å²) in [5.74, 6) is -0.583. The third-order valence-corrected chi connectivity index (χ3v) is 5.67. The fourth-order valence-electron chi connectivity index (χ4n) is 2.82. The van der Waals surface area contributed by atoms with Crippen LogP contribution in [0.1, 0.15) is 17.3 Å². The van der Waals surface area contributed by atoms with Gasteiger partial charge < -0.3 is 10.2 Å². The quantitative estimate of drug-likeness (QED) is 0.855. The Bertz CT molecular complexity index is 883. The van der Waals surface area contributed by atoms with E-state index >= 15 is 0 Å². The lowest BCUT2D eigenvalue weighted by molar-refractivity contribution is 0.0656. The summed E-state index contributed by atoms with van der Waals surface area (Å²) in [6, 6.07) is 11.0. The van der Waals surface area contributed by atoms with E-state index < -0.39 is 15.8 Å². The van der Waals surface area contributed by atoms with Crippen LogP contribution in [0.3, 0.4) is 0 Å². The maximum Gasteiger partial charge on any atom is 0.261 e. The highest BCUT2D eigenvalue weighted by Gasteiger charge is 2.24. The number of amides is 1. The predicted octanol–water partition coefficient (Wildman–Crippen LogP) is 2.06. The molecule has 0 unspecified atom stereocenters. The summed E-state index contributed by atoms with van der Waals surface area (Å²) in [6.07, 6.45) is 0. The van der Waals surface area contributed by atoms with Gasteiger partial charge in [0.2, 0.25) is 0 Å². The minimum Gasteiger partial charge on any atom is -0.333 e. The molecule has 1 heterocycles. The zero-order chi connectivity index (χ0) is 18.7. The number of rotatable bonds is 4. The maximum absolute atomic E-state index is 12.9. The van der Waals surface area contributed by atoms with Crippen LogP contribution in [0.15, 0.2) is 53.4 Å². The zero-order valence-electron chi connectivity index (χ0n) is 14.3. The second-order valence-corrected chi connectivity index (χ2v) is 7.87. The largest absolute Gasteiger partial charge is 0.333 e. The molecule has 1 aliphatic heterocycles. The van der Waals surface area contributed by atoms with Crippen molar-refractivity contribution >= 4 is 21.6 Å². The molecule has 1 atom stereocenters. The fraction of sp³-hybridized carbons (Fsp3) is 0.278. The van der Waals surface area contributed by atoms with Gasteiger partial charge in [0, 0.05) is 36.9 Å². The van der Waals surface area contributed by atoms with Gasteiger partial charge in [0.25, 0.3) is 15.9 Å². The van der Waals surface area contributed by atoms with Gasteiger partial charge in [-0.15, -0.1) is 0 Å². The van der Waals surface area contributed by atoms with Crippen LogP contribution in [-0.4, -0.2) is 44.9 Å². The van der Waals surface area contributed by atoms with E-state index in [2.05, 4.69) is 10.0 Å². The van der Waals surface area contributed by atoms with E-state index in [9.17, 15) is 17.6 Å². The number of hydrogen-bond acceptors (Lipinski definition) is 4. The van der Waals surface area contributed by atoms with Crippen molar-refractivity contribution in [3.05, 3.63) is 59.9 Å². The summed E-state index contributed by atoms with van der Waals surface area (Å²) in [4.78, 5) is 14.4. The molecule has 0 radical (unpaired) electrons. The number of nitrogens with one attached hydrogen (secondary N) is 2. The van der Waals surface area contributed by atoms with E-state index in [0.717, 1.165) is 25.2 Å². The lowest BCUT2D eigenvalue weighted by Gasteiger charge is -2.34. The Hall–Kier alpha value is -2.45. The van der Waals surface area contributed by atoms with E-state index in [1.165, 1.54) is 12.1 Å². The summed E-state index contributed by atoms with van der Waals surface area (Å²) < 4.78 is 40.0. The van der Waals surface area contributed by atoms with Crippen molar-refractivity contribution < 1.29 is 17.6 Å². The van der Waals surface area contributed by atoms with Crippen LogP contribution < -0.4 is 10.0 Å². The average Bonchev–Trinajstić information content (AvgIpc) is 2.62. The first-order chi connectivity index (χ1) is 12.4. The minimum absolute atomic E-state index is 0.0336. The van der Waals surface area contributed by atoms with Gasteiger partial charge in [-0.1, -0.05) is 0 Å². The number of benzene rings is 2. The topological polar surface area (TPSA) is 78.5 Å². The summed E-state index contributed by atoms with van der Waals surface area (Å²) in [5.41, 5.74) is 0.836. The summed E-state index contributed by atoms with van der Waals surface area (Å²) in [7, 11) is -3.81. The molecule has 1 fully saturated rings. The summed E-state index contributed by atoms with van der Waals surface area (Å²) in [6.45, 7) is 4.13. The van der Waals surface area contributed by atoms with Crippen molar-refractivity contribution in [2.24, 2.45) is 0 Å². The molecule has 0 saturated carbocycles. The molecule has 2 aromatic rings. The predicted molar refractivity (Wildman–Crippen MR) is 97.0 cm³/mol. The van der Waals surface area contributed by atoms with Crippen LogP contribution in [0.2, 0.25) is 0 Å². The first-order valence-electron chi connectivity index (χ1n) is 8.27. The van der Waals surface area contributed by atoms with Crippen molar-refractivity contribution in [1.29, 1.82) is 0 Å². The lowest BCUT2D eigenvalue weighted by Crippen LogP contribution is -2.52. The number of halogens is 1. The number of sulfonamides is 1. The minimum atomic E-state index is -3.81. The maximum atomic E-state index is 12.9. The van der Waals surface area contributed by atoms with Crippen molar-refractivity contribution in [3.63, 3.8) is 0 Å². The number of hydrogen-bond donors (Lipinski definition) is 2. The van der Waals surface area contributed by atoms with Gasteiger partial charge in [-0.2, -0.15) is 0 Å². The molecule has 2 aromatic carbocycles. The number of piperazine rings is 1. The highest BCUT2D eigenvalue weighted by Crippen LogP contribution is 2.18. The molecule has 2 N–H and O–H groups in total. The smallest absolute Gasteiger partial charge is 0.261 e. The second kappa shape index (κ2) is 7.43. The Morgan fingerprint density at radius 3 is 2.42 bits per heavy atom. The highest BCUT2D eigenvalue weighted by molar-refractivity contribution is 7.92. The molecular formula is C18H20FN3O3S. The monoisotopic (exact) mass is 377 g/mol. The second-order valence-electron chi connectivity index (χ2n) is 6.19. The van der Waals surface area contributed by atoms with Crippen molar-refractivity contribution in [2.45, 2.75) is 17.9 Å².